The molecular formula is C13H13F3N2O2S2. The molecule has 0 amide bonds. The van der Waals surface area contributed by atoms with Gasteiger partial charge >= 0.3 is 12.1 Å². The number of esters is 1. The number of hydrogen-bond donors (Lipinski definition) is 2. The molecule has 1 unspecified atom stereocenters. The van der Waals surface area contributed by atoms with E-state index in [0.717, 1.165) is 5.56 Å². The van der Waals surface area contributed by atoms with Crippen LogP contribution in [0.1, 0.15) is 12.5 Å². The quantitative estimate of drug-likeness (QED) is 0.646. The molecule has 1 aromatic heterocycles. The zero-order chi connectivity index (χ0) is 16.3. The van der Waals surface area contributed by atoms with E-state index in [1.807, 2.05) is 16.8 Å². The number of carbonyl (C=O) groups excluding carboxylic acids is 1. The van der Waals surface area contributed by atoms with Crippen LogP contribution in [0, 0.1) is 0 Å². The highest BCUT2D eigenvalue weighted by Gasteiger charge is 2.48. The molecule has 0 bridgehead atoms. The smallest absolute Gasteiger partial charge is 0.413 e. The fraction of sp³-hybridized carbons (Fsp3) is 0.385. The van der Waals surface area contributed by atoms with Gasteiger partial charge in [-0.3, -0.25) is 0 Å². The Hall–Kier alpha value is -1.61. The lowest BCUT2D eigenvalue weighted by molar-refractivity contribution is -0.156. The first-order valence-corrected chi connectivity index (χ1v) is 7.67. The number of alkyl halides is 3. The van der Waals surface area contributed by atoms with Crippen LogP contribution in [0.4, 0.5) is 13.2 Å². The molecule has 0 aromatic carbocycles. The minimum absolute atomic E-state index is 0.0152. The molecule has 0 fully saturated rings. The van der Waals surface area contributed by atoms with E-state index in [1.165, 1.54) is 18.3 Å². The third-order valence-corrected chi connectivity index (χ3v) is 3.97. The zero-order valence-electron chi connectivity index (χ0n) is 11.5. The fourth-order valence-corrected chi connectivity index (χ4v) is 2.96. The van der Waals surface area contributed by atoms with Gasteiger partial charge in [0.15, 0.2) is 11.2 Å². The number of carbonyl (C=O) groups is 1. The van der Waals surface area contributed by atoms with E-state index in [9.17, 15) is 18.0 Å². The molecule has 1 atom stereocenters. The molecule has 0 aliphatic carbocycles. The van der Waals surface area contributed by atoms with Crippen molar-refractivity contribution in [1.82, 2.24) is 10.6 Å². The molecule has 9 heteroatoms. The molecule has 2 N–H and O–H groups in total. The van der Waals surface area contributed by atoms with Gasteiger partial charge in [-0.25, -0.2) is 4.79 Å². The first kappa shape index (κ1) is 16.8. The number of thiocarbonyl (C=S) groups is 1. The van der Waals surface area contributed by atoms with Gasteiger partial charge in [0, 0.05) is 12.1 Å². The maximum atomic E-state index is 13.1. The molecule has 120 valence electrons. The van der Waals surface area contributed by atoms with Crippen LogP contribution < -0.4 is 10.6 Å². The van der Waals surface area contributed by atoms with Crippen molar-refractivity contribution in [3.63, 3.8) is 0 Å². The molecule has 2 heterocycles. The summed E-state index contributed by atoms with van der Waals surface area (Å²) in [5.74, 6) is -1.00. The number of ether oxygens (including phenoxy) is 1. The second-order valence-electron chi connectivity index (χ2n) is 4.63. The van der Waals surface area contributed by atoms with Crippen LogP contribution in [0.3, 0.4) is 0 Å². The Kier molecular flexibility index (Phi) is 5.07. The van der Waals surface area contributed by atoms with E-state index in [0.29, 0.717) is 6.42 Å². The number of hydrogen-bond acceptors (Lipinski definition) is 4. The third kappa shape index (κ3) is 3.98. The van der Waals surface area contributed by atoms with Gasteiger partial charge in [-0.05, 0) is 41.5 Å². The Labute approximate surface area is 134 Å². The molecule has 4 nitrogen and oxygen atoms in total. The largest absolute Gasteiger partial charge is 0.462 e. The first-order valence-electron chi connectivity index (χ1n) is 6.32. The summed E-state index contributed by atoms with van der Waals surface area (Å²) in [5, 5.41) is 8.17. The van der Waals surface area contributed by atoms with Gasteiger partial charge in [-0.15, -0.1) is 0 Å². The van der Waals surface area contributed by atoms with Crippen molar-refractivity contribution < 1.29 is 22.7 Å². The summed E-state index contributed by atoms with van der Waals surface area (Å²) in [5.41, 5.74) is 0.523. The van der Waals surface area contributed by atoms with Crippen LogP contribution in [0.15, 0.2) is 28.1 Å². The summed E-state index contributed by atoms with van der Waals surface area (Å²) >= 11 is 6.20. The van der Waals surface area contributed by atoms with Gasteiger partial charge < -0.3 is 15.4 Å². The van der Waals surface area contributed by atoms with E-state index < -0.39 is 23.8 Å². The van der Waals surface area contributed by atoms with E-state index >= 15 is 0 Å². The van der Waals surface area contributed by atoms with Crippen LogP contribution in [-0.2, 0) is 16.0 Å². The van der Waals surface area contributed by atoms with Crippen LogP contribution in [-0.4, -0.2) is 29.9 Å². The van der Waals surface area contributed by atoms with Gasteiger partial charge in [0.25, 0.3) is 0 Å². The Morgan fingerprint density at radius 1 is 1.50 bits per heavy atom. The molecule has 1 aliphatic rings. The van der Waals surface area contributed by atoms with Gasteiger partial charge in [0.05, 0.1) is 12.2 Å². The van der Waals surface area contributed by atoms with E-state index in [1.54, 1.807) is 0 Å². The van der Waals surface area contributed by atoms with Crippen LogP contribution >= 0.6 is 23.6 Å². The lowest BCUT2D eigenvalue weighted by Crippen LogP contribution is -2.56. The van der Waals surface area contributed by atoms with E-state index in [-0.39, 0.29) is 17.4 Å². The summed E-state index contributed by atoms with van der Waals surface area (Å²) in [4.78, 5) is 12.0. The summed E-state index contributed by atoms with van der Waals surface area (Å²) in [6, 6.07) is -0.293. The maximum Gasteiger partial charge on any atom is 0.413 e. The fourth-order valence-electron chi connectivity index (χ4n) is 1.98. The zero-order valence-corrected chi connectivity index (χ0v) is 13.1. The van der Waals surface area contributed by atoms with Crippen LogP contribution in [0.25, 0.3) is 0 Å². The van der Waals surface area contributed by atoms with Gasteiger partial charge in [-0.2, -0.15) is 24.5 Å². The molecular weight excluding hydrogens is 337 g/mol. The summed E-state index contributed by atoms with van der Waals surface area (Å²) in [6.07, 6.45) is -4.19. The van der Waals surface area contributed by atoms with Crippen molar-refractivity contribution in [2.75, 3.05) is 6.61 Å². The molecule has 22 heavy (non-hydrogen) atoms. The SMILES string of the molecule is CC1=C(C(=O)OCCc2ccsc2)C(C(F)(F)F)NC(=S)N1. The van der Waals surface area contributed by atoms with Crippen molar-refractivity contribution in [2.24, 2.45) is 0 Å². The Morgan fingerprint density at radius 3 is 2.82 bits per heavy atom. The number of allylic oxidation sites excluding steroid dienone is 1. The highest BCUT2D eigenvalue weighted by molar-refractivity contribution is 7.80. The lowest BCUT2D eigenvalue weighted by atomic mass is 10.0. The molecule has 2 rings (SSSR count). The molecule has 0 spiro atoms. The predicted molar refractivity (Wildman–Crippen MR) is 80.4 cm³/mol. The van der Waals surface area contributed by atoms with Crippen LogP contribution in [0.5, 0.6) is 0 Å². The minimum atomic E-state index is -4.64. The summed E-state index contributed by atoms with van der Waals surface area (Å²) < 4.78 is 44.1. The molecule has 1 aromatic rings. The average molecular weight is 350 g/mol. The Balaban J connectivity index is 2.07. The van der Waals surface area contributed by atoms with Crippen molar-refractivity contribution >= 4 is 34.6 Å². The lowest BCUT2D eigenvalue weighted by Gasteiger charge is -2.30. The number of nitrogens with one attached hydrogen (secondary N) is 2. The monoisotopic (exact) mass is 350 g/mol. The van der Waals surface area contributed by atoms with Gasteiger partial charge in [-0.1, -0.05) is 0 Å². The van der Waals surface area contributed by atoms with Crippen molar-refractivity contribution in [3.8, 4) is 0 Å². The second-order valence-corrected chi connectivity index (χ2v) is 5.82. The van der Waals surface area contributed by atoms with E-state index in [4.69, 9.17) is 17.0 Å². The van der Waals surface area contributed by atoms with Crippen molar-refractivity contribution in [3.05, 3.63) is 33.7 Å². The summed E-state index contributed by atoms with van der Waals surface area (Å²) in [6.45, 7) is 1.38. The second kappa shape index (κ2) is 6.66. The first-order chi connectivity index (χ1) is 10.3. The standard InChI is InChI=1S/C13H13F3N2O2S2/c1-7-9(10(13(14,15)16)18-12(21)17-7)11(19)20-4-2-8-3-5-22-6-8/h3,5-6,10H,2,4H2,1H3,(H2,17,18,21). The molecule has 0 radical (unpaired) electrons. The highest BCUT2D eigenvalue weighted by Crippen LogP contribution is 2.29. The van der Waals surface area contributed by atoms with Crippen molar-refractivity contribution in [1.29, 1.82) is 0 Å². The molecule has 0 saturated heterocycles. The Morgan fingerprint density at radius 2 is 2.23 bits per heavy atom. The number of halogens is 3. The summed E-state index contributed by atoms with van der Waals surface area (Å²) in [7, 11) is 0. The maximum absolute atomic E-state index is 13.1. The molecule has 0 saturated carbocycles. The molecule has 1 aliphatic heterocycles. The van der Waals surface area contributed by atoms with E-state index in [2.05, 4.69) is 10.6 Å². The van der Waals surface area contributed by atoms with Crippen molar-refractivity contribution in [2.45, 2.75) is 25.6 Å². The Bertz CT molecular complexity index is 597. The topological polar surface area (TPSA) is 50.4 Å². The minimum Gasteiger partial charge on any atom is -0.462 e. The highest BCUT2D eigenvalue weighted by atomic mass is 32.1. The predicted octanol–water partition coefficient (Wildman–Crippen LogP) is 2.52. The third-order valence-electron chi connectivity index (χ3n) is 3.02. The number of rotatable bonds is 4. The van der Waals surface area contributed by atoms with Gasteiger partial charge in [0.2, 0.25) is 0 Å². The van der Waals surface area contributed by atoms with Gasteiger partial charge in [0.1, 0.15) is 0 Å². The normalized spacial score (nSPS) is 18.7. The number of thiophene rings is 1. The van der Waals surface area contributed by atoms with Crippen LogP contribution in [0.2, 0.25) is 0 Å². The average Bonchev–Trinajstić information content (AvgIpc) is 2.89.